The average Bonchev–Trinajstić information content (AvgIpc) is 1.96. The third-order valence-electron chi connectivity index (χ3n) is 1.82. The fourth-order valence-electron chi connectivity index (χ4n) is 1.33. The maximum Gasteiger partial charge on any atom is 0.485 e. The van der Waals surface area contributed by atoms with Crippen LogP contribution in [0.4, 0.5) is 0 Å². The van der Waals surface area contributed by atoms with Crippen LogP contribution in [0.1, 0.15) is 27.7 Å². The normalized spacial score (nSPS) is 10.6. The topological polar surface area (TPSA) is 29.5 Å². The molecular formula is C9H18BO2. The second-order valence-electron chi connectivity index (χ2n) is 3.45. The van der Waals surface area contributed by atoms with E-state index in [9.17, 15) is 0 Å². The summed E-state index contributed by atoms with van der Waals surface area (Å²) in [4.78, 5) is 0. The predicted octanol–water partition coefficient (Wildman–Crippen LogP) is 1.77. The van der Waals surface area contributed by atoms with E-state index in [1.165, 1.54) is 5.57 Å². The van der Waals surface area contributed by atoms with Crippen molar-refractivity contribution < 1.29 is 9.68 Å². The molecule has 0 aromatic carbocycles. The van der Waals surface area contributed by atoms with Gasteiger partial charge in [0.05, 0.1) is 0 Å². The Morgan fingerprint density at radius 2 is 1.83 bits per heavy atom. The van der Waals surface area contributed by atoms with Crippen LogP contribution in [0.5, 0.6) is 0 Å². The first-order valence-corrected chi connectivity index (χ1v) is 4.37. The summed E-state index contributed by atoms with van der Waals surface area (Å²) in [5.74, 6) is 1.10. The first kappa shape index (κ1) is 11.7. The number of hydrogen-bond donors (Lipinski definition) is 1. The van der Waals surface area contributed by atoms with Gasteiger partial charge in [-0.3, -0.25) is 0 Å². The molecule has 12 heavy (non-hydrogen) atoms. The molecule has 1 radical (unpaired) electrons. The van der Waals surface area contributed by atoms with Crippen LogP contribution >= 0.6 is 0 Å². The molecule has 0 unspecified atom stereocenters. The summed E-state index contributed by atoms with van der Waals surface area (Å²) in [5.41, 5.74) is 1.37. The lowest BCUT2D eigenvalue weighted by Crippen LogP contribution is -2.05. The fourth-order valence-corrected chi connectivity index (χ4v) is 1.33. The lowest BCUT2D eigenvalue weighted by Gasteiger charge is -2.15. The highest BCUT2D eigenvalue weighted by Crippen LogP contribution is 2.18. The molecule has 0 aliphatic rings. The lowest BCUT2D eigenvalue weighted by atomic mass is 9.92. The largest absolute Gasteiger partial charge is 0.485 e. The molecule has 0 atom stereocenters. The minimum atomic E-state index is 0.461. The van der Waals surface area contributed by atoms with Gasteiger partial charge >= 0.3 is 7.69 Å². The molecule has 0 heterocycles. The quantitative estimate of drug-likeness (QED) is 0.386. The molecular weight excluding hydrogens is 151 g/mol. The lowest BCUT2D eigenvalue weighted by molar-refractivity contribution is 0.318. The van der Waals surface area contributed by atoms with Crippen LogP contribution in [0.3, 0.4) is 0 Å². The predicted molar refractivity (Wildman–Crippen MR) is 51.7 cm³/mol. The van der Waals surface area contributed by atoms with E-state index in [4.69, 9.17) is 9.68 Å². The summed E-state index contributed by atoms with van der Waals surface area (Å²) in [5, 5.41) is 8.28. The van der Waals surface area contributed by atoms with Crippen molar-refractivity contribution in [1.82, 2.24) is 0 Å². The van der Waals surface area contributed by atoms with Crippen molar-refractivity contribution in [2.45, 2.75) is 27.7 Å². The second kappa shape index (κ2) is 6.26. The van der Waals surface area contributed by atoms with Crippen molar-refractivity contribution in [3.8, 4) is 0 Å². The summed E-state index contributed by atoms with van der Waals surface area (Å²) in [6.07, 6.45) is 2.03. The molecule has 0 aliphatic carbocycles. The maximum absolute atomic E-state index is 8.28. The standard InChI is InChI=1S/C9H18BO2/c1-7(2)9(8(3)4)5-6-12-10-11/h5,7-8,11H,6H2,1-4H3. The number of allylic oxidation sites excluding steroid dienone is 1. The van der Waals surface area contributed by atoms with E-state index in [0.717, 1.165) is 7.69 Å². The van der Waals surface area contributed by atoms with Crippen molar-refractivity contribution in [3.05, 3.63) is 11.6 Å². The van der Waals surface area contributed by atoms with E-state index in [-0.39, 0.29) is 0 Å². The zero-order valence-corrected chi connectivity index (χ0v) is 8.37. The SMILES string of the molecule is CC(C)C(=CCO[B]O)C(C)C. The highest BCUT2D eigenvalue weighted by Gasteiger charge is 2.06. The number of hydrogen-bond acceptors (Lipinski definition) is 2. The van der Waals surface area contributed by atoms with Gasteiger partial charge in [0.1, 0.15) is 0 Å². The Morgan fingerprint density at radius 1 is 1.33 bits per heavy atom. The molecule has 0 spiro atoms. The van der Waals surface area contributed by atoms with E-state index in [0.29, 0.717) is 18.4 Å². The zero-order valence-electron chi connectivity index (χ0n) is 8.37. The molecule has 0 fully saturated rings. The Bertz CT molecular complexity index is 131. The first-order valence-electron chi connectivity index (χ1n) is 4.37. The average molecular weight is 169 g/mol. The smallest absolute Gasteiger partial charge is 0.429 e. The number of rotatable bonds is 5. The summed E-state index contributed by atoms with van der Waals surface area (Å²) in [6, 6.07) is 0. The van der Waals surface area contributed by atoms with Crippen LogP contribution in [-0.4, -0.2) is 19.3 Å². The molecule has 0 aromatic rings. The van der Waals surface area contributed by atoms with Crippen LogP contribution in [0.15, 0.2) is 11.6 Å². The monoisotopic (exact) mass is 169 g/mol. The van der Waals surface area contributed by atoms with E-state index >= 15 is 0 Å². The van der Waals surface area contributed by atoms with Crippen LogP contribution in [0, 0.1) is 11.8 Å². The Kier molecular flexibility index (Phi) is 6.12. The molecule has 0 saturated heterocycles. The molecule has 0 aromatic heterocycles. The summed E-state index contributed by atoms with van der Waals surface area (Å²) < 4.78 is 4.72. The second-order valence-corrected chi connectivity index (χ2v) is 3.45. The van der Waals surface area contributed by atoms with E-state index < -0.39 is 0 Å². The van der Waals surface area contributed by atoms with Gasteiger partial charge in [0.2, 0.25) is 0 Å². The summed E-state index contributed by atoms with van der Waals surface area (Å²) in [7, 11) is 0.731. The zero-order chi connectivity index (χ0) is 9.56. The molecule has 0 rings (SSSR count). The molecule has 3 heteroatoms. The van der Waals surface area contributed by atoms with Crippen molar-refractivity contribution in [1.29, 1.82) is 0 Å². The van der Waals surface area contributed by atoms with Crippen LogP contribution in [-0.2, 0) is 4.65 Å². The van der Waals surface area contributed by atoms with Crippen molar-refractivity contribution >= 4 is 7.69 Å². The molecule has 69 valence electrons. The third kappa shape index (κ3) is 4.57. The van der Waals surface area contributed by atoms with E-state index in [1.807, 2.05) is 6.08 Å². The molecule has 0 amide bonds. The summed E-state index contributed by atoms with van der Waals surface area (Å²) >= 11 is 0. The summed E-state index contributed by atoms with van der Waals surface area (Å²) in [6.45, 7) is 9.11. The fraction of sp³-hybridized carbons (Fsp3) is 0.778. The third-order valence-corrected chi connectivity index (χ3v) is 1.82. The van der Waals surface area contributed by atoms with Crippen LogP contribution in [0.25, 0.3) is 0 Å². The van der Waals surface area contributed by atoms with Gasteiger partial charge in [0.15, 0.2) is 0 Å². The Labute approximate surface area is 75.9 Å². The molecule has 1 N–H and O–H groups in total. The highest BCUT2D eigenvalue weighted by atomic mass is 16.5. The highest BCUT2D eigenvalue weighted by molar-refractivity contribution is 6.15. The van der Waals surface area contributed by atoms with E-state index in [2.05, 4.69) is 27.7 Å². The molecule has 0 aliphatic heterocycles. The maximum atomic E-state index is 8.28. The molecule has 2 nitrogen and oxygen atoms in total. The van der Waals surface area contributed by atoms with Gasteiger partial charge in [0.25, 0.3) is 0 Å². The van der Waals surface area contributed by atoms with Gasteiger partial charge in [-0.25, -0.2) is 0 Å². The van der Waals surface area contributed by atoms with Gasteiger partial charge in [-0.1, -0.05) is 39.3 Å². The van der Waals surface area contributed by atoms with Gasteiger partial charge in [-0.05, 0) is 11.8 Å². The minimum Gasteiger partial charge on any atom is -0.429 e. The Hall–Kier alpha value is -0.275. The van der Waals surface area contributed by atoms with Gasteiger partial charge < -0.3 is 9.68 Å². The van der Waals surface area contributed by atoms with Crippen molar-refractivity contribution in [3.63, 3.8) is 0 Å². The van der Waals surface area contributed by atoms with Crippen LogP contribution in [0.2, 0.25) is 0 Å². The minimum absolute atomic E-state index is 0.461. The van der Waals surface area contributed by atoms with Crippen molar-refractivity contribution in [2.24, 2.45) is 11.8 Å². The first-order chi connectivity index (χ1) is 5.59. The van der Waals surface area contributed by atoms with E-state index in [1.54, 1.807) is 0 Å². The molecule has 0 bridgehead atoms. The van der Waals surface area contributed by atoms with Gasteiger partial charge in [0, 0.05) is 6.61 Å². The van der Waals surface area contributed by atoms with Crippen molar-refractivity contribution in [2.75, 3.05) is 6.61 Å². The Balaban J connectivity index is 4.00. The van der Waals surface area contributed by atoms with Crippen LogP contribution < -0.4 is 0 Å². The molecule has 0 saturated carbocycles. The van der Waals surface area contributed by atoms with Gasteiger partial charge in [-0.2, -0.15) is 0 Å². The van der Waals surface area contributed by atoms with Gasteiger partial charge in [-0.15, -0.1) is 0 Å². The Morgan fingerprint density at radius 3 is 2.17 bits per heavy atom.